The Labute approximate surface area is 164 Å². The van der Waals surface area contributed by atoms with Crippen molar-refractivity contribution in [1.29, 1.82) is 0 Å². The van der Waals surface area contributed by atoms with Crippen LogP contribution in [0.5, 0.6) is 0 Å². The van der Waals surface area contributed by atoms with Gasteiger partial charge in [0.1, 0.15) is 0 Å². The van der Waals surface area contributed by atoms with Crippen LogP contribution in [0.25, 0.3) is 10.8 Å². The van der Waals surface area contributed by atoms with Gasteiger partial charge in [-0.3, -0.25) is 0 Å². The predicted octanol–water partition coefficient (Wildman–Crippen LogP) is 4.50. The van der Waals surface area contributed by atoms with Crippen LogP contribution in [0, 0.1) is 0 Å². The second kappa shape index (κ2) is 7.26. The van der Waals surface area contributed by atoms with Gasteiger partial charge in [0.25, 0.3) is 0 Å². The van der Waals surface area contributed by atoms with Gasteiger partial charge in [-0.15, -0.1) is 5.46 Å². The topological polar surface area (TPSA) is 18.5 Å². The maximum atomic E-state index is 6.18. The van der Waals surface area contributed by atoms with Gasteiger partial charge in [-0.1, -0.05) is 36.4 Å². The zero-order valence-electron chi connectivity index (χ0n) is 14.1. The van der Waals surface area contributed by atoms with Crippen molar-refractivity contribution in [3.63, 3.8) is 0 Å². The van der Waals surface area contributed by atoms with E-state index in [0.29, 0.717) is 0 Å². The Kier molecular flexibility index (Phi) is 4.84. The molecular formula is C22H17BFeO2-6. The molecule has 1 aliphatic carbocycles. The molecule has 26 heavy (non-hydrogen) atoms. The van der Waals surface area contributed by atoms with Crippen LogP contribution in [0.3, 0.4) is 0 Å². The van der Waals surface area contributed by atoms with Crippen LogP contribution in [0.1, 0.15) is 23.3 Å². The Morgan fingerprint density at radius 1 is 0.731 bits per heavy atom. The van der Waals surface area contributed by atoms with Crippen LogP contribution in [0.15, 0.2) is 91.0 Å². The fourth-order valence-electron chi connectivity index (χ4n) is 3.81. The van der Waals surface area contributed by atoms with Gasteiger partial charge in [0.2, 0.25) is 0 Å². The molecule has 2 atom stereocenters. The van der Waals surface area contributed by atoms with Crippen LogP contribution in [0.2, 0.25) is 0 Å². The maximum absolute atomic E-state index is 6.18. The molecule has 6 rings (SSSR count). The average Bonchev–Trinajstić information content (AvgIpc) is 3.44. The number of hydrogen-bond donors (Lipinski definition) is 0. The van der Waals surface area contributed by atoms with Crippen molar-refractivity contribution >= 4 is 23.4 Å². The van der Waals surface area contributed by atoms with Gasteiger partial charge >= 0.3 is 7.12 Å². The molecule has 1 aliphatic heterocycles. The van der Waals surface area contributed by atoms with E-state index in [9.17, 15) is 0 Å². The fraction of sp³-hybridized carbons (Fsp3) is 0.0909. The second-order valence-corrected chi connectivity index (χ2v) is 6.42. The Hall–Kier alpha value is -2.10. The first-order valence-corrected chi connectivity index (χ1v) is 8.62. The van der Waals surface area contributed by atoms with Gasteiger partial charge in [-0.05, 0) is 21.9 Å². The number of hydrogen-bond acceptors (Lipinski definition) is 2. The van der Waals surface area contributed by atoms with Crippen molar-refractivity contribution in [1.82, 2.24) is 0 Å². The Balaban J connectivity index is 0.000000246. The molecule has 0 radical (unpaired) electrons. The third-order valence-corrected chi connectivity index (χ3v) is 4.91. The first kappa shape index (κ1) is 17.3. The van der Waals surface area contributed by atoms with Crippen LogP contribution in [-0.2, 0) is 26.4 Å². The van der Waals surface area contributed by atoms with Crippen molar-refractivity contribution in [3.8, 4) is 0 Å². The quantitative estimate of drug-likeness (QED) is 0.358. The molecule has 0 N–H and O–H groups in total. The van der Waals surface area contributed by atoms with Gasteiger partial charge in [-0.2, -0.15) is 12.1 Å². The first-order chi connectivity index (χ1) is 12.4. The van der Waals surface area contributed by atoms with E-state index in [4.69, 9.17) is 9.31 Å². The Morgan fingerprint density at radius 3 is 1.73 bits per heavy atom. The molecule has 2 aliphatic rings. The normalized spacial score (nSPS) is 19.6. The summed E-state index contributed by atoms with van der Waals surface area (Å²) in [5, 5.41) is 2.58. The van der Waals surface area contributed by atoms with Crippen LogP contribution in [-0.4, -0.2) is 7.12 Å². The minimum Gasteiger partial charge on any atom is -0.748 e. The van der Waals surface area contributed by atoms with Crippen molar-refractivity contribution in [2.24, 2.45) is 0 Å². The van der Waals surface area contributed by atoms with Crippen molar-refractivity contribution in [3.05, 3.63) is 102 Å². The molecule has 1 heterocycles. The van der Waals surface area contributed by atoms with Crippen LogP contribution >= 0.6 is 0 Å². The standard InChI is InChI=1S/C17H12BO2.C5H5.Fe/c1-2-8-12(7-1)18-19-16-13-9-3-5-11-6-4-10-14(15(11)13)17(16)20-18;1-2-4-5-3-1;/h1-10,16-17H;1-5H;/q-1;-5;/t16-,17+;;. The van der Waals surface area contributed by atoms with E-state index in [1.165, 1.54) is 21.9 Å². The number of benzene rings is 2. The molecule has 0 aromatic heterocycles. The summed E-state index contributed by atoms with van der Waals surface area (Å²) in [5.74, 6) is 0. The summed E-state index contributed by atoms with van der Waals surface area (Å²) >= 11 is 0. The summed E-state index contributed by atoms with van der Waals surface area (Å²) in [6, 6.07) is 31.0. The molecule has 4 aromatic rings. The molecule has 1 fully saturated rings. The largest absolute Gasteiger partial charge is 0.748 e. The third kappa shape index (κ3) is 2.85. The molecule has 134 valence electrons. The fourth-order valence-corrected chi connectivity index (χ4v) is 3.81. The maximum Gasteiger partial charge on any atom is 0.419 e. The molecule has 1 saturated heterocycles. The van der Waals surface area contributed by atoms with E-state index < -0.39 is 0 Å². The molecule has 0 saturated carbocycles. The van der Waals surface area contributed by atoms with Crippen molar-refractivity contribution in [2.75, 3.05) is 0 Å². The van der Waals surface area contributed by atoms with E-state index in [0.717, 1.165) is 5.46 Å². The van der Waals surface area contributed by atoms with Gasteiger partial charge in [0.05, 0.1) is 12.2 Å². The van der Waals surface area contributed by atoms with E-state index in [2.05, 4.69) is 48.5 Å². The molecular weight excluding hydrogens is 363 g/mol. The summed E-state index contributed by atoms with van der Waals surface area (Å²) in [6.45, 7) is 0. The summed E-state index contributed by atoms with van der Waals surface area (Å²) in [5.41, 5.74) is 3.62. The summed E-state index contributed by atoms with van der Waals surface area (Å²) < 4.78 is 12.4. The van der Waals surface area contributed by atoms with Gasteiger partial charge in [-0.25, -0.2) is 12.1 Å². The molecule has 0 bridgehead atoms. The second-order valence-electron chi connectivity index (χ2n) is 6.42. The molecule has 2 nitrogen and oxygen atoms in total. The van der Waals surface area contributed by atoms with Crippen molar-refractivity contribution < 1.29 is 26.4 Å². The molecule has 4 heteroatoms. The SMILES string of the molecule is [Fe].[cH-]1[cH-][cH-][cH-][cH-]1.c1cc2c3c(cccc3c1)[C@@H]1OB([c-]3cccc3)O[C@H]21. The van der Waals surface area contributed by atoms with E-state index in [-0.39, 0.29) is 36.4 Å². The van der Waals surface area contributed by atoms with Crippen molar-refractivity contribution in [2.45, 2.75) is 12.2 Å². The Morgan fingerprint density at radius 2 is 1.23 bits per heavy atom. The first-order valence-electron chi connectivity index (χ1n) is 8.62. The molecule has 0 spiro atoms. The van der Waals surface area contributed by atoms with Crippen LogP contribution in [0.4, 0.5) is 0 Å². The van der Waals surface area contributed by atoms with Gasteiger partial charge < -0.3 is 39.6 Å². The monoisotopic (exact) mass is 380 g/mol. The van der Waals surface area contributed by atoms with E-state index >= 15 is 0 Å². The minimum atomic E-state index is -0.247. The summed E-state index contributed by atoms with van der Waals surface area (Å²) in [7, 11) is -0.247. The van der Waals surface area contributed by atoms with Gasteiger partial charge in [0, 0.05) is 17.1 Å². The number of rotatable bonds is 1. The zero-order valence-corrected chi connectivity index (χ0v) is 15.2. The molecule has 0 amide bonds. The van der Waals surface area contributed by atoms with Gasteiger partial charge in [0.15, 0.2) is 0 Å². The third-order valence-electron chi connectivity index (χ3n) is 4.91. The van der Waals surface area contributed by atoms with Crippen LogP contribution < -0.4 is 5.46 Å². The zero-order chi connectivity index (χ0) is 16.6. The average molecular weight is 380 g/mol. The predicted molar refractivity (Wildman–Crippen MR) is 101 cm³/mol. The summed E-state index contributed by atoms with van der Waals surface area (Å²) in [6.07, 6.45) is 0.0481. The minimum absolute atomic E-state index is 0. The van der Waals surface area contributed by atoms with E-state index in [1.54, 1.807) is 0 Å². The Bertz CT molecular complexity index is 915. The molecule has 4 aromatic carbocycles. The van der Waals surface area contributed by atoms with E-state index in [1.807, 2.05) is 42.5 Å². The smallest absolute Gasteiger partial charge is 0.419 e. The summed E-state index contributed by atoms with van der Waals surface area (Å²) in [4.78, 5) is 0. The molecule has 0 unspecified atom stereocenters. The number of fused-ring (bicyclic) bond motifs is 3.